The molecule has 0 unspecified atom stereocenters. The van der Waals surface area contributed by atoms with Crippen molar-refractivity contribution >= 4 is 0 Å². The summed E-state index contributed by atoms with van der Waals surface area (Å²) in [4.78, 5) is 11.3. The average molecular weight is 163 g/mol. The maximum absolute atomic E-state index is 11.3. The van der Waals surface area contributed by atoms with Crippen molar-refractivity contribution in [3.05, 3.63) is 27.7 Å². The number of rotatable bonds is 1. The molecule has 0 atom stereocenters. The minimum absolute atomic E-state index is 0.204. The molecule has 0 saturated carbocycles. The highest BCUT2D eigenvalue weighted by atomic mass is 16.1. The van der Waals surface area contributed by atoms with Gasteiger partial charge in [-0.25, -0.2) is 4.68 Å². The molecule has 1 aromatic heterocycles. The molecule has 0 aliphatic heterocycles. The van der Waals surface area contributed by atoms with Gasteiger partial charge in [-0.05, 0) is 12.0 Å². The zero-order valence-electron chi connectivity index (χ0n) is 7.03. The number of hydrogen-bond donors (Lipinski definition) is 0. The van der Waals surface area contributed by atoms with Crippen LogP contribution in [0.5, 0.6) is 0 Å². The Bertz CT molecular complexity index is 386. The molecule has 0 aliphatic rings. The highest BCUT2D eigenvalue weighted by Gasteiger charge is 2.06. The van der Waals surface area contributed by atoms with Gasteiger partial charge in [0.2, 0.25) is 0 Å². The smallest absolute Gasteiger partial charge is 0.266 e. The molecule has 0 spiro atoms. The van der Waals surface area contributed by atoms with Crippen LogP contribution in [0, 0.1) is 11.3 Å². The summed E-state index contributed by atoms with van der Waals surface area (Å²) in [5.41, 5.74) is 0.590. The standard InChI is InChI=1S/C8H9N3O/c1-3-6-5-10-11(2)8(12)7(6)4-9/h5H,3H2,1-2H3. The van der Waals surface area contributed by atoms with E-state index in [1.54, 1.807) is 6.20 Å². The van der Waals surface area contributed by atoms with Gasteiger partial charge in [-0.1, -0.05) is 6.92 Å². The highest BCUT2D eigenvalue weighted by Crippen LogP contribution is 1.99. The predicted molar refractivity (Wildman–Crippen MR) is 43.6 cm³/mol. The van der Waals surface area contributed by atoms with E-state index < -0.39 is 0 Å². The van der Waals surface area contributed by atoms with Crippen LogP contribution in [-0.2, 0) is 13.5 Å². The molecule has 0 radical (unpaired) electrons. The highest BCUT2D eigenvalue weighted by molar-refractivity contribution is 5.33. The van der Waals surface area contributed by atoms with Crippen LogP contribution in [0.4, 0.5) is 0 Å². The minimum Gasteiger partial charge on any atom is -0.266 e. The van der Waals surface area contributed by atoms with Crippen LogP contribution in [0.3, 0.4) is 0 Å². The fourth-order valence-electron chi connectivity index (χ4n) is 0.960. The Labute approximate surface area is 70.1 Å². The van der Waals surface area contributed by atoms with E-state index in [4.69, 9.17) is 5.26 Å². The van der Waals surface area contributed by atoms with Crippen LogP contribution in [-0.4, -0.2) is 9.78 Å². The largest absolute Gasteiger partial charge is 0.284 e. The lowest BCUT2D eigenvalue weighted by Crippen LogP contribution is -2.23. The number of hydrogen-bond acceptors (Lipinski definition) is 3. The number of aromatic nitrogens is 2. The van der Waals surface area contributed by atoms with Gasteiger partial charge in [-0.15, -0.1) is 0 Å². The van der Waals surface area contributed by atoms with E-state index in [2.05, 4.69) is 5.10 Å². The SMILES string of the molecule is CCc1cnn(C)c(=O)c1C#N. The zero-order chi connectivity index (χ0) is 9.14. The van der Waals surface area contributed by atoms with Crippen molar-refractivity contribution in [1.29, 1.82) is 5.26 Å². The molecule has 0 N–H and O–H groups in total. The summed E-state index contributed by atoms with van der Waals surface area (Å²) in [5.74, 6) is 0. The molecule has 12 heavy (non-hydrogen) atoms. The minimum atomic E-state index is -0.322. The van der Waals surface area contributed by atoms with Gasteiger partial charge in [0.05, 0.1) is 6.20 Å². The summed E-state index contributed by atoms with van der Waals surface area (Å²) in [7, 11) is 1.53. The fourth-order valence-corrected chi connectivity index (χ4v) is 0.960. The van der Waals surface area contributed by atoms with E-state index >= 15 is 0 Å². The summed E-state index contributed by atoms with van der Waals surface area (Å²) in [6.07, 6.45) is 2.21. The van der Waals surface area contributed by atoms with Crippen LogP contribution in [0.15, 0.2) is 11.0 Å². The first-order valence-electron chi connectivity index (χ1n) is 3.66. The van der Waals surface area contributed by atoms with Gasteiger partial charge < -0.3 is 0 Å². The Morgan fingerprint density at radius 3 is 2.92 bits per heavy atom. The molecule has 0 saturated heterocycles. The molecule has 4 heteroatoms. The van der Waals surface area contributed by atoms with E-state index in [1.807, 2.05) is 13.0 Å². The molecule has 0 bridgehead atoms. The lowest BCUT2D eigenvalue weighted by atomic mass is 10.1. The normalized spacial score (nSPS) is 9.42. The third-order valence-corrected chi connectivity index (χ3v) is 1.71. The van der Waals surface area contributed by atoms with Crippen molar-refractivity contribution in [2.24, 2.45) is 7.05 Å². The van der Waals surface area contributed by atoms with Crippen LogP contribution < -0.4 is 5.56 Å². The Balaban J connectivity index is 3.49. The second-order valence-electron chi connectivity index (χ2n) is 2.44. The Hall–Kier alpha value is -1.63. The van der Waals surface area contributed by atoms with Crippen molar-refractivity contribution < 1.29 is 0 Å². The van der Waals surface area contributed by atoms with Crippen molar-refractivity contribution in [2.45, 2.75) is 13.3 Å². The van der Waals surface area contributed by atoms with E-state index in [0.717, 1.165) is 4.68 Å². The van der Waals surface area contributed by atoms with Crippen LogP contribution in [0.1, 0.15) is 18.1 Å². The van der Waals surface area contributed by atoms with Crippen molar-refractivity contribution in [2.75, 3.05) is 0 Å². The average Bonchev–Trinajstić information content (AvgIpc) is 2.09. The van der Waals surface area contributed by atoms with Crippen molar-refractivity contribution in [1.82, 2.24) is 9.78 Å². The summed E-state index contributed by atoms with van der Waals surface area (Å²) >= 11 is 0. The molecular weight excluding hydrogens is 154 g/mol. The first-order chi connectivity index (χ1) is 5.70. The predicted octanol–water partition coefficient (Wildman–Crippen LogP) is 0.214. The Morgan fingerprint density at radius 2 is 2.42 bits per heavy atom. The molecule has 1 rings (SSSR count). The van der Waals surface area contributed by atoms with Crippen LogP contribution in [0.2, 0.25) is 0 Å². The maximum Gasteiger partial charge on any atom is 0.284 e. The summed E-state index contributed by atoms with van der Waals surface area (Å²) < 4.78 is 1.16. The molecule has 0 aliphatic carbocycles. The number of nitrogens with zero attached hydrogens (tertiary/aromatic N) is 3. The molecule has 62 valence electrons. The van der Waals surface area contributed by atoms with E-state index in [1.165, 1.54) is 7.05 Å². The molecule has 0 amide bonds. The van der Waals surface area contributed by atoms with Gasteiger partial charge in [0.15, 0.2) is 0 Å². The van der Waals surface area contributed by atoms with Crippen LogP contribution in [0.25, 0.3) is 0 Å². The summed E-state index contributed by atoms with van der Waals surface area (Å²) in [6.45, 7) is 1.89. The number of nitriles is 1. The van der Waals surface area contributed by atoms with Gasteiger partial charge in [-0.3, -0.25) is 4.79 Å². The lowest BCUT2D eigenvalue weighted by Gasteiger charge is -2.00. The molecular formula is C8H9N3O. The molecule has 0 fully saturated rings. The van der Waals surface area contributed by atoms with E-state index in [9.17, 15) is 4.79 Å². The second kappa shape index (κ2) is 3.18. The van der Waals surface area contributed by atoms with Crippen molar-refractivity contribution in [3.8, 4) is 6.07 Å². The molecule has 0 aromatic carbocycles. The lowest BCUT2D eigenvalue weighted by molar-refractivity contribution is 0.696. The van der Waals surface area contributed by atoms with Crippen LogP contribution >= 0.6 is 0 Å². The van der Waals surface area contributed by atoms with Crippen molar-refractivity contribution in [3.63, 3.8) is 0 Å². The first-order valence-corrected chi connectivity index (χ1v) is 3.66. The topological polar surface area (TPSA) is 58.7 Å². The zero-order valence-corrected chi connectivity index (χ0v) is 7.03. The molecule has 1 heterocycles. The Morgan fingerprint density at radius 1 is 1.75 bits per heavy atom. The second-order valence-corrected chi connectivity index (χ2v) is 2.44. The van der Waals surface area contributed by atoms with E-state index in [0.29, 0.717) is 12.0 Å². The van der Waals surface area contributed by atoms with Gasteiger partial charge >= 0.3 is 0 Å². The Kier molecular flexibility index (Phi) is 2.24. The van der Waals surface area contributed by atoms with Gasteiger partial charge in [-0.2, -0.15) is 10.4 Å². The monoisotopic (exact) mass is 163 g/mol. The quantitative estimate of drug-likeness (QED) is 0.594. The summed E-state index contributed by atoms with van der Waals surface area (Å²) in [5, 5.41) is 12.5. The first kappa shape index (κ1) is 8.47. The third kappa shape index (κ3) is 1.21. The number of aryl methyl sites for hydroxylation is 2. The molecule has 1 aromatic rings. The molecule has 4 nitrogen and oxygen atoms in total. The van der Waals surface area contributed by atoms with Gasteiger partial charge in [0, 0.05) is 7.05 Å². The maximum atomic E-state index is 11.3. The summed E-state index contributed by atoms with van der Waals surface area (Å²) in [6, 6.07) is 1.88. The van der Waals surface area contributed by atoms with Gasteiger partial charge in [0.25, 0.3) is 5.56 Å². The fraction of sp³-hybridized carbons (Fsp3) is 0.375. The third-order valence-electron chi connectivity index (χ3n) is 1.71. The van der Waals surface area contributed by atoms with E-state index in [-0.39, 0.29) is 11.1 Å². The van der Waals surface area contributed by atoms with Gasteiger partial charge in [0.1, 0.15) is 11.6 Å².